The van der Waals surface area contributed by atoms with Crippen LogP contribution in [-0.4, -0.2) is 17.3 Å². The number of hydrogen-bond donors (Lipinski definition) is 2. The van der Waals surface area contributed by atoms with Crippen LogP contribution in [0.25, 0.3) is 0 Å². The second-order valence-corrected chi connectivity index (χ2v) is 5.84. The summed E-state index contributed by atoms with van der Waals surface area (Å²) in [7, 11) is 0. The minimum Gasteiger partial charge on any atom is -0.390 e. The molecule has 1 rings (SSSR count). The Morgan fingerprint density at radius 3 is 2.25 bits per heavy atom. The summed E-state index contributed by atoms with van der Waals surface area (Å²) in [5.41, 5.74) is 5.35. The molecule has 1 aliphatic carbocycles. The van der Waals surface area contributed by atoms with E-state index >= 15 is 0 Å². The average Bonchev–Trinajstić information content (AvgIpc) is 2.30. The SMILES string of the molecule is CCCC1CCC(CN)(C(C)(O)CC)CC1. The molecule has 1 atom stereocenters. The molecule has 1 saturated carbocycles. The normalized spacial score (nSPS) is 34.7. The van der Waals surface area contributed by atoms with E-state index in [1.165, 1.54) is 25.7 Å². The maximum absolute atomic E-state index is 10.5. The Labute approximate surface area is 101 Å². The molecule has 1 aliphatic rings. The molecule has 16 heavy (non-hydrogen) atoms. The van der Waals surface area contributed by atoms with Gasteiger partial charge in [0.1, 0.15) is 0 Å². The van der Waals surface area contributed by atoms with Gasteiger partial charge < -0.3 is 10.8 Å². The molecule has 0 saturated heterocycles. The Balaban J connectivity index is 2.65. The highest BCUT2D eigenvalue weighted by Crippen LogP contribution is 2.47. The van der Waals surface area contributed by atoms with Gasteiger partial charge >= 0.3 is 0 Å². The molecule has 0 heterocycles. The van der Waals surface area contributed by atoms with Crippen LogP contribution in [0.4, 0.5) is 0 Å². The molecule has 1 unspecified atom stereocenters. The number of hydrogen-bond acceptors (Lipinski definition) is 2. The van der Waals surface area contributed by atoms with Crippen molar-refractivity contribution in [2.45, 2.75) is 71.3 Å². The van der Waals surface area contributed by atoms with Crippen molar-refractivity contribution in [1.82, 2.24) is 0 Å². The van der Waals surface area contributed by atoms with Crippen LogP contribution in [0.15, 0.2) is 0 Å². The minimum atomic E-state index is -0.584. The first-order valence-electron chi connectivity index (χ1n) is 6.94. The molecule has 96 valence electrons. The average molecular weight is 227 g/mol. The van der Waals surface area contributed by atoms with Crippen molar-refractivity contribution in [3.8, 4) is 0 Å². The summed E-state index contributed by atoms with van der Waals surface area (Å²) < 4.78 is 0. The molecule has 0 aromatic rings. The van der Waals surface area contributed by atoms with E-state index in [0.717, 1.165) is 25.2 Å². The fourth-order valence-electron chi connectivity index (χ4n) is 3.26. The fourth-order valence-corrected chi connectivity index (χ4v) is 3.26. The summed E-state index contributed by atoms with van der Waals surface area (Å²) in [4.78, 5) is 0. The van der Waals surface area contributed by atoms with Crippen molar-refractivity contribution in [2.75, 3.05) is 6.54 Å². The third-order valence-electron chi connectivity index (χ3n) is 4.98. The lowest BCUT2D eigenvalue weighted by molar-refractivity contribution is -0.0942. The summed E-state index contributed by atoms with van der Waals surface area (Å²) >= 11 is 0. The summed E-state index contributed by atoms with van der Waals surface area (Å²) in [5, 5.41) is 10.5. The van der Waals surface area contributed by atoms with Crippen molar-refractivity contribution in [2.24, 2.45) is 17.1 Å². The highest BCUT2D eigenvalue weighted by molar-refractivity contribution is 4.98. The first kappa shape index (κ1) is 14.0. The largest absolute Gasteiger partial charge is 0.390 e. The lowest BCUT2D eigenvalue weighted by atomic mass is 9.60. The molecule has 2 heteroatoms. The molecule has 0 aromatic heterocycles. The topological polar surface area (TPSA) is 46.2 Å². The van der Waals surface area contributed by atoms with E-state index in [-0.39, 0.29) is 5.41 Å². The van der Waals surface area contributed by atoms with E-state index in [1.54, 1.807) is 0 Å². The number of aliphatic hydroxyl groups is 1. The van der Waals surface area contributed by atoms with Crippen LogP contribution in [0, 0.1) is 11.3 Å². The lowest BCUT2D eigenvalue weighted by Crippen LogP contribution is -2.52. The van der Waals surface area contributed by atoms with E-state index in [4.69, 9.17) is 5.73 Å². The lowest BCUT2D eigenvalue weighted by Gasteiger charge is -2.48. The Kier molecular flexibility index (Phi) is 4.81. The van der Waals surface area contributed by atoms with Gasteiger partial charge in [-0.3, -0.25) is 0 Å². The first-order chi connectivity index (χ1) is 7.51. The smallest absolute Gasteiger partial charge is 0.0685 e. The summed E-state index contributed by atoms with van der Waals surface area (Å²) in [6.07, 6.45) is 8.15. The molecule has 0 bridgehead atoms. The zero-order valence-corrected chi connectivity index (χ0v) is 11.3. The van der Waals surface area contributed by atoms with Crippen LogP contribution in [-0.2, 0) is 0 Å². The highest BCUT2D eigenvalue weighted by Gasteiger charge is 2.46. The second-order valence-electron chi connectivity index (χ2n) is 5.84. The van der Waals surface area contributed by atoms with Crippen molar-refractivity contribution in [3.05, 3.63) is 0 Å². The van der Waals surface area contributed by atoms with E-state index in [1.807, 2.05) is 6.92 Å². The van der Waals surface area contributed by atoms with Gasteiger partial charge in [-0.25, -0.2) is 0 Å². The van der Waals surface area contributed by atoms with Crippen molar-refractivity contribution in [3.63, 3.8) is 0 Å². The van der Waals surface area contributed by atoms with Crippen molar-refractivity contribution >= 4 is 0 Å². The minimum absolute atomic E-state index is 0.0218. The third kappa shape index (κ3) is 2.60. The van der Waals surface area contributed by atoms with Gasteiger partial charge in [0.25, 0.3) is 0 Å². The van der Waals surface area contributed by atoms with Crippen LogP contribution in [0.2, 0.25) is 0 Å². The molecule has 0 aromatic carbocycles. The zero-order valence-electron chi connectivity index (χ0n) is 11.3. The van der Waals surface area contributed by atoms with E-state index in [0.29, 0.717) is 6.54 Å². The summed E-state index contributed by atoms with van der Waals surface area (Å²) in [6, 6.07) is 0. The van der Waals surface area contributed by atoms with E-state index in [9.17, 15) is 5.11 Å². The molecule has 1 fully saturated rings. The van der Waals surface area contributed by atoms with Crippen LogP contribution in [0.5, 0.6) is 0 Å². The Bertz CT molecular complexity index is 205. The third-order valence-corrected chi connectivity index (χ3v) is 4.98. The molecule has 0 aliphatic heterocycles. The van der Waals surface area contributed by atoms with Gasteiger partial charge in [0.05, 0.1) is 5.60 Å². The second kappa shape index (κ2) is 5.50. The predicted molar refractivity (Wildman–Crippen MR) is 69.3 cm³/mol. The summed E-state index contributed by atoms with van der Waals surface area (Å²) in [6.45, 7) is 6.93. The van der Waals surface area contributed by atoms with Gasteiger partial charge in [0, 0.05) is 12.0 Å². The Morgan fingerprint density at radius 2 is 1.88 bits per heavy atom. The van der Waals surface area contributed by atoms with Crippen LogP contribution >= 0.6 is 0 Å². The standard InChI is InChI=1S/C14H29NO/c1-4-6-12-7-9-14(11-15,10-8-12)13(3,16)5-2/h12,16H,4-11,15H2,1-3H3. The van der Waals surface area contributed by atoms with Crippen LogP contribution in [0.3, 0.4) is 0 Å². The zero-order chi connectivity index (χ0) is 12.2. The van der Waals surface area contributed by atoms with Crippen molar-refractivity contribution in [1.29, 1.82) is 0 Å². The van der Waals surface area contributed by atoms with Gasteiger partial charge in [-0.15, -0.1) is 0 Å². The first-order valence-corrected chi connectivity index (χ1v) is 6.94. The molecule has 0 spiro atoms. The quantitative estimate of drug-likeness (QED) is 0.758. The monoisotopic (exact) mass is 227 g/mol. The maximum atomic E-state index is 10.5. The Hall–Kier alpha value is -0.0800. The van der Waals surface area contributed by atoms with Gasteiger partial charge in [-0.2, -0.15) is 0 Å². The molecule has 2 nitrogen and oxygen atoms in total. The summed E-state index contributed by atoms with van der Waals surface area (Å²) in [5.74, 6) is 0.873. The predicted octanol–water partition coefficient (Wildman–Crippen LogP) is 3.08. The van der Waals surface area contributed by atoms with Crippen LogP contribution in [0.1, 0.15) is 65.7 Å². The molecular formula is C14H29NO. The number of rotatable bonds is 5. The van der Waals surface area contributed by atoms with Crippen molar-refractivity contribution < 1.29 is 5.11 Å². The molecular weight excluding hydrogens is 198 g/mol. The van der Waals surface area contributed by atoms with Gasteiger partial charge in [-0.1, -0.05) is 26.7 Å². The molecule has 0 radical (unpaired) electrons. The van der Waals surface area contributed by atoms with Gasteiger partial charge in [0.2, 0.25) is 0 Å². The maximum Gasteiger partial charge on any atom is 0.0685 e. The number of nitrogens with two attached hydrogens (primary N) is 1. The van der Waals surface area contributed by atoms with Crippen LogP contribution < -0.4 is 5.73 Å². The van der Waals surface area contributed by atoms with Gasteiger partial charge in [0.15, 0.2) is 0 Å². The van der Waals surface area contributed by atoms with E-state index in [2.05, 4.69) is 13.8 Å². The Morgan fingerprint density at radius 1 is 1.31 bits per heavy atom. The highest BCUT2D eigenvalue weighted by atomic mass is 16.3. The molecule has 0 amide bonds. The van der Waals surface area contributed by atoms with E-state index < -0.39 is 5.60 Å². The fraction of sp³-hybridized carbons (Fsp3) is 1.00. The molecule has 3 N–H and O–H groups in total. The van der Waals surface area contributed by atoms with Gasteiger partial charge in [-0.05, 0) is 44.9 Å².